The largest absolute Gasteiger partial charge is 0.356 e. The quantitative estimate of drug-likeness (QED) is 0.440. The second-order valence-electron chi connectivity index (χ2n) is 6.45. The molecule has 0 radical (unpaired) electrons. The fraction of sp³-hybridized carbons (Fsp3) is 0.632. The minimum atomic E-state index is 0.477. The average molecular weight is 316 g/mol. The highest BCUT2D eigenvalue weighted by atomic mass is 15.2. The Balaban J connectivity index is 1.57. The van der Waals surface area contributed by atoms with Crippen molar-refractivity contribution in [3.05, 3.63) is 35.9 Å². The van der Waals surface area contributed by atoms with E-state index in [0.717, 1.165) is 19.0 Å². The summed E-state index contributed by atoms with van der Waals surface area (Å²) in [7, 11) is 1.84. The van der Waals surface area contributed by atoms with Gasteiger partial charge in [0.25, 0.3) is 0 Å². The molecule has 1 fully saturated rings. The zero-order valence-corrected chi connectivity index (χ0v) is 14.7. The van der Waals surface area contributed by atoms with E-state index in [1.165, 1.54) is 50.9 Å². The normalized spacial score (nSPS) is 17.2. The van der Waals surface area contributed by atoms with E-state index in [9.17, 15) is 0 Å². The van der Waals surface area contributed by atoms with Gasteiger partial charge in [-0.25, -0.2) is 0 Å². The standard InChI is InChI=1S/C19H32N4/c1-17(18-10-4-3-5-11-18)16-22-19(20-2)21-12-6-7-13-23-14-8-9-15-23/h3-5,10-11,17H,6-9,12-16H2,1-2H3,(H2,20,21,22). The lowest BCUT2D eigenvalue weighted by Gasteiger charge is -2.17. The van der Waals surface area contributed by atoms with Gasteiger partial charge in [-0.05, 0) is 56.8 Å². The van der Waals surface area contributed by atoms with Crippen molar-refractivity contribution in [3.63, 3.8) is 0 Å². The Labute approximate surface area is 141 Å². The molecule has 0 aromatic heterocycles. The number of nitrogens with zero attached hydrogens (tertiary/aromatic N) is 2. The van der Waals surface area contributed by atoms with Crippen molar-refractivity contribution in [2.24, 2.45) is 4.99 Å². The summed E-state index contributed by atoms with van der Waals surface area (Å²) in [6.07, 6.45) is 5.23. The topological polar surface area (TPSA) is 39.7 Å². The lowest BCUT2D eigenvalue weighted by Crippen LogP contribution is -2.39. The Morgan fingerprint density at radius 2 is 1.87 bits per heavy atom. The van der Waals surface area contributed by atoms with Gasteiger partial charge < -0.3 is 15.5 Å². The Kier molecular flexibility index (Phi) is 7.95. The molecule has 1 heterocycles. The number of guanidine groups is 1. The van der Waals surface area contributed by atoms with Gasteiger partial charge in [-0.2, -0.15) is 0 Å². The summed E-state index contributed by atoms with van der Waals surface area (Å²) < 4.78 is 0. The second-order valence-corrected chi connectivity index (χ2v) is 6.45. The Bertz CT molecular complexity index is 452. The molecule has 2 rings (SSSR count). The van der Waals surface area contributed by atoms with Crippen LogP contribution in [0.2, 0.25) is 0 Å². The third-order valence-corrected chi connectivity index (χ3v) is 4.56. The second kappa shape index (κ2) is 10.3. The number of benzene rings is 1. The molecule has 1 aliphatic rings. The van der Waals surface area contributed by atoms with Crippen molar-refractivity contribution in [2.45, 2.75) is 38.5 Å². The van der Waals surface area contributed by atoms with E-state index in [1.807, 2.05) is 7.05 Å². The van der Waals surface area contributed by atoms with Crippen LogP contribution < -0.4 is 10.6 Å². The van der Waals surface area contributed by atoms with E-state index in [-0.39, 0.29) is 0 Å². The van der Waals surface area contributed by atoms with Crippen molar-refractivity contribution < 1.29 is 0 Å². The van der Waals surface area contributed by atoms with Crippen LogP contribution in [-0.4, -0.2) is 50.6 Å². The van der Waals surface area contributed by atoms with Gasteiger partial charge in [0.2, 0.25) is 0 Å². The first-order chi connectivity index (χ1) is 11.3. The molecule has 1 atom stereocenters. The molecule has 0 aliphatic carbocycles. The van der Waals surface area contributed by atoms with Gasteiger partial charge in [-0.1, -0.05) is 37.3 Å². The molecule has 0 amide bonds. The third kappa shape index (κ3) is 6.61. The number of hydrogen-bond acceptors (Lipinski definition) is 2. The van der Waals surface area contributed by atoms with Crippen LogP contribution in [0.15, 0.2) is 35.3 Å². The van der Waals surface area contributed by atoms with E-state index >= 15 is 0 Å². The van der Waals surface area contributed by atoms with Crippen LogP contribution >= 0.6 is 0 Å². The first kappa shape index (κ1) is 17.8. The molecular formula is C19H32N4. The van der Waals surface area contributed by atoms with Crippen molar-refractivity contribution in [1.29, 1.82) is 0 Å². The van der Waals surface area contributed by atoms with Crippen LogP contribution in [0.4, 0.5) is 0 Å². The summed E-state index contributed by atoms with van der Waals surface area (Å²) in [5, 5.41) is 6.85. The fourth-order valence-corrected chi connectivity index (χ4v) is 3.04. The summed E-state index contributed by atoms with van der Waals surface area (Å²) in [5.41, 5.74) is 1.36. The highest BCUT2D eigenvalue weighted by Gasteiger charge is 2.10. The van der Waals surface area contributed by atoms with Crippen LogP contribution in [-0.2, 0) is 0 Å². The average Bonchev–Trinajstić information content (AvgIpc) is 3.11. The molecule has 4 heteroatoms. The first-order valence-electron chi connectivity index (χ1n) is 9.01. The van der Waals surface area contributed by atoms with E-state index in [0.29, 0.717) is 5.92 Å². The molecule has 1 unspecified atom stereocenters. The van der Waals surface area contributed by atoms with Crippen LogP contribution in [0.25, 0.3) is 0 Å². The van der Waals surface area contributed by atoms with Gasteiger partial charge in [0.1, 0.15) is 0 Å². The summed E-state index contributed by atoms with van der Waals surface area (Å²) in [4.78, 5) is 6.89. The molecule has 4 nitrogen and oxygen atoms in total. The van der Waals surface area contributed by atoms with E-state index < -0.39 is 0 Å². The molecular weight excluding hydrogens is 284 g/mol. The Morgan fingerprint density at radius 3 is 2.57 bits per heavy atom. The minimum absolute atomic E-state index is 0.477. The summed E-state index contributed by atoms with van der Waals surface area (Å²) >= 11 is 0. The van der Waals surface area contributed by atoms with E-state index in [2.05, 4.69) is 57.8 Å². The summed E-state index contributed by atoms with van der Waals surface area (Å²) in [5.74, 6) is 1.39. The fourth-order valence-electron chi connectivity index (χ4n) is 3.04. The van der Waals surface area contributed by atoms with Gasteiger partial charge in [0.05, 0.1) is 0 Å². The summed E-state index contributed by atoms with van der Waals surface area (Å²) in [6.45, 7) is 7.98. The molecule has 1 aliphatic heterocycles. The third-order valence-electron chi connectivity index (χ3n) is 4.56. The maximum Gasteiger partial charge on any atom is 0.190 e. The lowest BCUT2D eigenvalue weighted by atomic mass is 10.0. The van der Waals surface area contributed by atoms with Gasteiger partial charge in [0.15, 0.2) is 5.96 Å². The molecule has 0 bridgehead atoms. The van der Waals surface area contributed by atoms with E-state index in [4.69, 9.17) is 0 Å². The number of nitrogens with one attached hydrogen (secondary N) is 2. The van der Waals surface area contributed by atoms with Crippen molar-refractivity contribution in [3.8, 4) is 0 Å². The monoisotopic (exact) mass is 316 g/mol. The SMILES string of the molecule is CN=C(NCCCCN1CCCC1)NCC(C)c1ccccc1. The number of unbranched alkanes of at least 4 members (excludes halogenated alkanes) is 1. The predicted octanol–water partition coefficient (Wildman–Crippen LogP) is 2.83. The van der Waals surface area contributed by atoms with E-state index in [1.54, 1.807) is 0 Å². The molecule has 1 aromatic carbocycles. The van der Waals surface area contributed by atoms with Crippen LogP contribution in [0, 0.1) is 0 Å². The summed E-state index contributed by atoms with van der Waals surface area (Å²) in [6, 6.07) is 10.6. The molecule has 1 saturated heterocycles. The highest BCUT2D eigenvalue weighted by Crippen LogP contribution is 2.12. The molecule has 2 N–H and O–H groups in total. The highest BCUT2D eigenvalue weighted by molar-refractivity contribution is 5.79. The maximum absolute atomic E-state index is 4.31. The molecule has 0 spiro atoms. The van der Waals surface area contributed by atoms with Gasteiger partial charge in [-0.3, -0.25) is 4.99 Å². The van der Waals surface area contributed by atoms with Gasteiger partial charge in [0, 0.05) is 20.1 Å². The molecule has 1 aromatic rings. The molecule has 128 valence electrons. The van der Waals surface area contributed by atoms with Crippen LogP contribution in [0.3, 0.4) is 0 Å². The molecule has 23 heavy (non-hydrogen) atoms. The number of aliphatic imine (C=N–C) groups is 1. The number of likely N-dealkylation sites (tertiary alicyclic amines) is 1. The minimum Gasteiger partial charge on any atom is -0.356 e. The zero-order valence-electron chi connectivity index (χ0n) is 14.7. The van der Waals surface area contributed by atoms with Crippen molar-refractivity contribution in [1.82, 2.24) is 15.5 Å². The smallest absolute Gasteiger partial charge is 0.190 e. The van der Waals surface area contributed by atoms with Gasteiger partial charge in [-0.15, -0.1) is 0 Å². The van der Waals surface area contributed by atoms with Crippen LogP contribution in [0.5, 0.6) is 0 Å². The number of rotatable bonds is 8. The Morgan fingerprint density at radius 1 is 1.13 bits per heavy atom. The van der Waals surface area contributed by atoms with Crippen molar-refractivity contribution in [2.75, 3.05) is 39.8 Å². The number of hydrogen-bond donors (Lipinski definition) is 2. The van der Waals surface area contributed by atoms with Crippen LogP contribution in [0.1, 0.15) is 44.1 Å². The lowest BCUT2D eigenvalue weighted by molar-refractivity contribution is 0.330. The maximum atomic E-state index is 4.31. The van der Waals surface area contributed by atoms with Gasteiger partial charge >= 0.3 is 0 Å². The predicted molar refractivity (Wildman–Crippen MR) is 99.1 cm³/mol. The van der Waals surface area contributed by atoms with Crippen molar-refractivity contribution >= 4 is 5.96 Å². The molecule has 0 saturated carbocycles. The Hall–Kier alpha value is -1.55. The first-order valence-corrected chi connectivity index (χ1v) is 9.01. The zero-order chi connectivity index (χ0) is 16.3.